The second-order valence-corrected chi connectivity index (χ2v) is 6.15. The zero-order valence-corrected chi connectivity index (χ0v) is 13.8. The van der Waals surface area contributed by atoms with Crippen molar-refractivity contribution in [3.8, 4) is 0 Å². The van der Waals surface area contributed by atoms with E-state index in [0.717, 1.165) is 32.1 Å². The largest absolute Gasteiger partial charge is 0.481 e. The standard InChI is InChI=1S/C18H36O2/c1-3-5-7-8-9-10-11-12-13-14-16-17(18(19)20)15-6-4-2/h17H,3-16H2,1-2H3,(H,19,20)/t17-/m0/s1. The molecule has 0 fully saturated rings. The van der Waals surface area contributed by atoms with Crippen molar-refractivity contribution in [2.75, 3.05) is 0 Å². The van der Waals surface area contributed by atoms with E-state index in [1.54, 1.807) is 0 Å². The molecule has 1 N–H and O–H groups in total. The molecule has 0 aromatic heterocycles. The van der Waals surface area contributed by atoms with Gasteiger partial charge in [0.05, 0.1) is 5.92 Å². The summed E-state index contributed by atoms with van der Waals surface area (Å²) in [5.74, 6) is -0.682. The second kappa shape index (κ2) is 14.9. The molecule has 0 aliphatic rings. The Bertz CT molecular complexity index is 213. The van der Waals surface area contributed by atoms with E-state index in [1.165, 1.54) is 57.8 Å². The van der Waals surface area contributed by atoms with Crippen LogP contribution in [-0.4, -0.2) is 11.1 Å². The lowest BCUT2D eigenvalue weighted by Crippen LogP contribution is -2.13. The number of hydrogen-bond acceptors (Lipinski definition) is 1. The molecule has 1 atom stereocenters. The van der Waals surface area contributed by atoms with Crippen LogP contribution in [0.2, 0.25) is 0 Å². The van der Waals surface area contributed by atoms with Crippen molar-refractivity contribution in [1.82, 2.24) is 0 Å². The molecule has 0 aliphatic carbocycles. The Balaban J connectivity index is 3.34. The topological polar surface area (TPSA) is 37.3 Å². The van der Waals surface area contributed by atoms with Crippen molar-refractivity contribution in [2.24, 2.45) is 5.92 Å². The Morgan fingerprint density at radius 3 is 1.55 bits per heavy atom. The molecule has 0 saturated heterocycles. The van der Waals surface area contributed by atoms with Gasteiger partial charge in [0.1, 0.15) is 0 Å². The third-order valence-corrected chi connectivity index (χ3v) is 4.16. The van der Waals surface area contributed by atoms with Crippen molar-refractivity contribution in [3.63, 3.8) is 0 Å². The van der Waals surface area contributed by atoms with Gasteiger partial charge >= 0.3 is 5.97 Å². The molecule has 0 amide bonds. The van der Waals surface area contributed by atoms with Crippen LogP contribution >= 0.6 is 0 Å². The minimum absolute atomic E-state index is 0.0935. The third kappa shape index (κ3) is 12.5. The first kappa shape index (κ1) is 19.5. The van der Waals surface area contributed by atoms with Crippen LogP contribution in [0.3, 0.4) is 0 Å². The fraction of sp³-hybridized carbons (Fsp3) is 0.944. The number of carboxylic acids is 1. The van der Waals surface area contributed by atoms with Crippen LogP contribution in [0, 0.1) is 5.92 Å². The monoisotopic (exact) mass is 284 g/mol. The molecule has 0 unspecified atom stereocenters. The lowest BCUT2D eigenvalue weighted by Gasteiger charge is -2.11. The van der Waals surface area contributed by atoms with Gasteiger partial charge in [-0.05, 0) is 12.8 Å². The van der Waals surface area contributed by atoms with E-state index in [1.807, 2.05) is 0 Å². The number of hydrogen-bond donors (Lipinski definition) is 1. The van der Waals surface area contributed by atoms with Gasteiger partial charge in [-0.2, -0.15) is 0 Å². The first-order valence-electron chi connectivity index (χ1n) is 8.95. The van der Waals surface area contributed by atoms with Crippen molar-refractivity contribution >= 4 is 5.97 Å². The van der Waals surface area contributed by atoms with E-state index in [9.17, 15) is 4.79 Å². The van der Waals surface area contributed by atoms with Crippen LogP contribution in [0.1, 0.15) is 104 Å². The minimum atomic E-state index is -0.589. The van der Waals surface area contributed by atoms with Crippen LogP contribution in [0.25, 0.3) is 0 Å². The summed E-state index contributed by atoms with van der Waals surface area (Å²) in [6.45, 7) is 4.38. The molecule has 0 aromatic rings. The number of carboxylic acid groups (broad SMARTS) is 1. The Labute approximate surface area is 126 Å². The van der Waals surface area contributed by atoms with E-state index >= 15 is 0 Å². The zero-order chi connectivity index (χ0) is 15.1. The highest BCUT2D eigenvalue weighted by molar-refractivity contribution is 5.69. The van der Waals surface area contributed by atoms with Gasteiger partial charge < -0.3 is 5.11 Å². The molecule has 0 bridgehead atoms. The summed E-state index contributed by atoms with van der Waals surface area (Å²) < 4.78 is 0. The maximum atomic E-state index is 11.1. The highest BCUT2D eigenvalue weighted by Crippen LogP contribution is 2.18. The number of carbonyl (C=O) groups is 1. The third-order valence-electron chi connectivity index (χ3n) is 4.16. The fourth-order valence-corrected chi connectivity index (χ4v) is 2.72. The lowest BCUT2D eigenvalue weighted by molar-refractivity contribution is -0.142. The quantitative estimate of drug-likeness (QED) is 0.364. The SMILES string of the molecule is CCCCCCCCCCCC[C@H](CCCC)C(=O)O. The van der Waals surface area contributed by atoms with E-state index in [4.69, 9.17) is 5.11 Å². The highest BCUT2D eigenvalue weighted by Gasteiger charge is 2.15. The molecule has 0 heterocycles. The summed E-state index contributed by atoms with van der Waals surface area (Å²) in [6.07, 6.45) is 17.1. The fourth-order valence-electron chi connectivity index (χ4n) is 2.72. The summed E-state index contributed by atoms with van der Waals surface area (Å²) in [6, 6.07) is 0. The van der Waals surface area contributed by atoms with Gasteiger partial charge in [0.25, 0.3) is 0 Å². The molecule has 0 radical (unpaired) electrons. The summed E-state index contributed by atoms with van der Waals surface area (Å²) in [5, 5.41) is 9.14. The summed E-state index contributed by atoms with van der Waals surface area (Å²) in [7, 11) is 0. The van der Waals surface area contributed by atoms with Gasteiger partial charge in [0, 0.05) is 0 Å². The van der Waals surface area contributed by atoms with Gasteiger partial charge in [-0.1, -0.05) is 90.9 Å². The predicted molar refractivity (Wildman–Crippen MR) is 87.1 cm³/mol. The summed E-state index contributed by atoms with van der Waals surface area (Å²) in [5.41, 5.74) is 0. The van der Waals surface area contributed by atoms with Crippen molar-refractivity contribution in [3.05, 3.63) is 0 Å². The molecule has 0 aliphatic heterocycles. The molecule has 0 aromatic carbocycles. The Morgan fingerprint density at radius 1 is 0.700 bits per heavy atom. The first-order chi connectivity index (χ1) is 9.72. The van der Waals surface area contributed by atoms with E-state index in [2.05, 4.69) is 13.8 Å². The van der Waals surface area contributed by atoms with E-state index in [0.29, 0.717) is 0 Å². The average Bonchev–Trinajstić information content (AvgIpc) is 2.43. The number of aliphatic carboxylic acids is 1. The van der Waals surface area contributed by atoms with Gasteiger partial charge in [0.15, 0.2) is 0 Å². The number of rotatable bonds is 15. The molecular weight excluding hydrogens is 248 g/mol. The van der Waals surface area contributed by atoms with Crippen LogP contribution in [0.5, 0.6) is 0 Å². The average molecular weight is 284 g/mol. The van der Waals surface area contributed by atoms with Gasteiger partial charge in [-0.15, -0.1) is 0 Å². The Hall–Kier alpha value is -0.530. The minimum Gasteiger partial charge on any atom is -0.481 e. The maximum Gasteiger partial charge on any atom is 0.306 e. The molecule has 0 saturated carbocycles. The molecule has 2 heteroatoms. The van der Waals surface area contributed by atoms with Crippen LogP contribution in [-0.2, 0) is 4.79 Å². The van der Waals surface area contributed by atoms with Gasteiger partial charge in [-0.3, -0.25) is 4.79 Å². The normalized spacial score (nSPS) is 12.5. The van der Waals surface area contributed by atoms with Gasteiger partial charge in [0.2, 0.25) is 0 Å². The molecular formula is C18H36O2. The lowest BCUT2D eigenvalue weighted by atomic mass is 9.95. The molecule has 20 heavy (non-hydrogen) atoms. The van der Waals surface area contributed by atoms with Crippen LogP contribution in [0.4, 0.5) is 0 Å². The maximum absolute atomic E-state index is 11.1. The zero-order valence-electron chi connectivity index (χ0n) is 13.8. The van der Waals surface area contributed by atoms with Crippen molar-refractivity contribution in [1.29, 1.82) is 0 Å². The Kier molecular flexibility index (Phi) is 14.5. The predicted octanol–water partition coefficient (Wildman–Crippen LogP) is 6.19. The van der Waals surface area contributed by atoms with Crippen molar-refractivity contribution in [2.45, 2.75) is 104 Å². The highest BCUT2D eigenvalue weighted by atomic mass is 16.4. The second-order valence-electron chi connectivity index (χ2n) is 6.15. The Morgan fingerprint density at radius 2 is 1.10 bits per heavy atom. The first-order valence-corrected chi connectivity index (χ1v) is 8.95. The molecule has 120 valence electrons. The van der Waals surface area contributed by atoms with E-state index in [-0.39, 0.29) is 5.92 Å². The van der Waals surface area contributed by atoms with E-state index < -0.39 is 5.97 Å². The summed E-state index contributed by atoms with van der Waals surface area (Å²) >= 11 is 0. The van der Waals surface area contributed by atoms with Crippen LogP contribution in [0.15, 0.2) is 0 Å². The van der Waals surface area contributed by atoms with Crippen molar-refractivity contribution < 1.29 is 9.90 Å². The number of unbranched alkanes of at least 4 members (excludes halogenated alkanes) is 10. The molecule has 0 rings (SSSR count). The van der Waals surface area contributed by atoms with Gasteiger partial charge in [-0.25, -0.2) is 0 Å². The summed E-state index contributed by atoms with van der Waals surface area (Å²) in [4.78, 5) is 11.1. The van der Waals surface area contributed by atoms with Crippen LogP contribution < -0.4 is 0 Å². The molecule has 2 nitrogen and oxygen atoms in total. The molecule has 0 spiro atoms. The smallest absolute Gasteiger partial charge is 0.306 e.